The summed E-state index contributed by atoms with van der Waals surface area (Å²) in [5.41, 5.74) is 3.06. The predicted molar refractivity (Wildman–Crippen MR) is 84.7 cm³/mol. The van der Waals surface area contributed by atoms with E-state index in [9.17, 15) is 4.79 Å². The topological polar surface area (TPSA) is 32.7 Å². The molecule has 0 atom stereocenters. The van der Waals surface area contributed by atoms with Crippen LogP contribution in [0.5, 0.6) is 0 Å². The van der Waals surface area contributed by atoms with Gasteiger partial charge in [0.1, 0.15) is 5.84 Å². The van der Waals surface area contributed by atoms with Gasteiger partial charge in [0.2, 0.25) is 0 Å². The van der Waals surface area contributed by atoms with Gasteiger partial charge in [-0.1, -0.05) is 48.0 Å². The number of nitrogens with zero attached hydrogens (tertiary/aromatic N) is 2. The Morgan fingerprint density at radius 3 is 2.52 bits per heavy atom. The van der Waals surface area contributed by atoms with Crippen LogP contribution in [0.3, 0.4) is 0 Å². The van der Waals surface area contributed by atoms with E-state index in [1.54, 1.807) is 4.90 Å². The molecule has 0 radical (unpaired) electrons. The van der Waals surface area contributed by atoms with Gasteiger partial charge in [-0.2, -0.15) is 0 Å². The van der Waals surface area contributed by atoms with Crippen LogP contribution in [-0.2, 0) is 6.42 Å². The first-order chi connectivity index (χ1) is 10.2. The van der Waals surface area contributed by atoms with Gasteiger partial charge in [-0.3, -0.25) is 14.7 Å². The highest BCUT2D eigenvalue weighted by molar-refractivity contribution is 6.07. The number of hydrogen-bond acceptors (Lipinski definition) is 2. The zero-order valence-corrected chi connectivity index (χ0v) is 12.1. The molecular formula is C18H18N2O. The van der Waals surface area contributed by atoms with Crippen molar-refractivity contribution in [1.82, 2.24) is 4.90 Å². The summed E-state index contributed by atoms with van der Waals surface area (Å²) >= 11 is 0. The largest absolute Gasteiger partial charge is 0.294 e. The molecule has 0 fully saturated rings. The van der Waals surface area contributed by atoms with Gasteiger partial charge in [0.15, 0.2) is 0 Å². The molecule has 1 heterocycles. The Morgan fingerprint density at radius 1 is 1.10 bits per heavy atom. The molecule has 0 spiro atoms. The zero-order chi connectivity index (χ0) is 14.7. The fraction of sp³-hybridized carbons (Fsp3) is 0.222. The molecule has 3 heteroatoms. The third kappa shape index (κ3) is 3.02. The Kier molecular flexibility index (Phi) is 3.82. The van der Waals surface area contributed by atoms with Crippen LogP contribution >= 0.6 is 0 Å². The minimum absolute atomic E-state index is 0.0437. The summed E-state index contributed by atoms with van der Waals surface area (Å²) in [6, 6.07) is 17.9. The summed E-state index contributed by atoms with van der Waals surface area (Å²) in [5.74, 6) is 0.911. The number of carbonyl (C=O) groups excluding carboxylic acids is 1. The van der Waals surface area contributed by atoms with Crippen molar-refractivity contribution in [2.24, 2.45) is 4.99 Å². The number of aryl methyl sites for hydroxylation is 1. The molecule has 21 heavy (non-hydrogen) atoms. The Balaban J connectivity index is 1.77. The van der Waals surface area contributed by atoms with Crippen LogP contribution in [0, 0.1) is 6.92 Å². The first-order valence-corrected chi connectivity index (χ1v) is 7.20. The molecule has 1 aliphatic heterocycles. The summed E-state index contributed by atoms with van der Waals surface area (Å²) in [6.07, 6.45) is 0.707. The Hall–Kier alpha value is -2.42. The van der Waals surface area contributed by atoms with Crippen LogP contribution in [0.25, 0.3) is 0 Å². The summed E-state index contributed by atoms with van der Waals surface area (Å²) in [5, 5.41) is 0. The van der Waals surface area contributed by atoms with Gasteiger partial charge in [0, 0.05) is 18.5 Å². The van der Waals surface area contributed by atoms with Gasteiger partial charge in [-0.05, 0) is 24.6 Å². The van der Waals surface area contributed by atoms with E-state index in [0.717, 1.165) is 17.0 Å². The van der Waals surface area contributed by atoms with Crippen molar-refractivity contribution in [1.29, 1.82) is 0 Å². The van der Waals surface area contributed by atoms with E-state index < -0.39 is 0 Å². The second-order valence-corrected chi connectivity index (χ2v) is 5.28. The van der Waals surface area contributed by atoms with Crippen molar-refractivity contribution in [2.75, 3.05) is 13.1 Å². The number of rotatable bonds is 3. The van der Waals surface area contributed by atoms with Crippen LogP contribution in [0.2, 0.25) is 0 Å². The highest BCUT2D eigenvalue weighted by Gasteiger charge is 2.24. The van der Waals surface area contributed by atoms with E-state index in [0.29, 0.717) is 19.5 Å². The van der Waals surface area contributed by atoms with Gasteiger partial charge in [0.25, 0.3) is 5.91 Å². The fourth-order valence-corrected chi connectivity index (χ4v) is 2.49. The van der Waals surface area contributed by atoms with Crippen molar-refractivity contribution in [2.45, 2.75) is 13.3 Å². The fourth-order valence-electron chi connectivity index (χ4n) is 2.49. The molecule has 1 aliphatic rings. The first-order valence-electron chi connectivity index (χ1n) is 7.20. The van der Waals surface area contributed by atoms with Crippen molar-refractivity contribution >= 4 is 11.7 Å². The van der Waals surface area contributed by atoms with Gasteiger partial charge in [-0.25, -0.2) is 0 Å². The first kappa shape index (κ1) is 13.6. The monoisotopic (exact) mass is 278 g/mol. The van der Waals surface area contributed by atoms with Crippen molar-refractivity contribution in [3.8, 4) is 0 Å². The third-order valence-electron chi connectivity index (χ3n) is 3.68. The molecular weight excluding hydrogens is 260 g/mol. The van der Waals surface area contributed by atoms with Crippen LogP contribution < -0.4 is 0 Å². The van der Waals surface area contributed by atoms with E-state index in [1.807, 2.05) is 49.4 Å². The van der Waals surface area contributed by atoms with Gasteiger partial charge in [-0.15, -0.1) is 0 Å². The van der Waals surface area contributed by atoms with Crippen LogP contribution in [0.1, 0.15) is 21.5 Å². The lowest BCUT2D eigenvalue weighted by molar-refractivity contribution is 0.0856. The Bertz CT molecular complexity index is 659. The molecule has 0 saturated carbocycles. The molecule has 0 bridgehead atoms. The average Bonchev–Trinajstić information content (AvgIpc) is 2.96. The summed E-state index contributed by atoms with van der Waals surface area (Å²) in [6.45, 7) is 3.39. The molecule has 2 aromatic carbocycles. The van der Waals surface area contributed by atoms with Crippen LogP contribution in [0.15, 0.2) is 59.6 Å². The molecule has 0 aliphatic carbocycles. The predicted octanol–water partition coefficient (Wildman–Crippen LogP) is 3.09. The molecule has 0 saturated heterocycles. The summed E-state index contributed by atoms with van der Waals surface area (Å²) < 4.78 is 0. The minimum atomic E-state index is 0.0437. The molecule has 3 nitrogen and oxygen atoms in total. The lowest BCUT2D eigenvalue weighted by atomic mass is 10.1. The molecule has 106 valence electrons. The molecule has 0 unspecified atom stereocenters. The SMILES string of the molecule is Cc1ccc(C(=O)N2CCN=C2Cc2ccccc2)cc1. The van der Waals surface area contributed by atoms with Crippen LogP contribution in [-0.4, -0.2) is 29.7 Å². The second-order valence-electron chi connectivity index (χ2n) is 5.28. The lowest BCUT2D eigenvalue weighted by Gasteiger charge is -2.18. The minimum Gasteiger partial charge on any atom is -0.294 e. The standard InChI is InChI=1S/C18H18N2O/c1-14-7-9-16(10-8-14)18(21)20-12-11-19-17(20)13-15-5-3-2-4-6-15/h2-10H,11-13H2,1H3. The molecule has 0 aromatic heterocycles. The Labute approximate surface area is 124 Å². The highest BCUT2D eigenvalue weighted by atomic mass is 16.2. The summed E-state index contributed by atoms with van der Waals surface area (Å²) in [4.78, 5) is 18.9. The smallest absolute Gasteiger partial charge is 0.259 e. The van der Waals surface area contributed by atoms with Crippen molar-refractivity contribution < 1.29 is 4.79 Å². The van der Waals surface area contributed by atoms with Gasteiger partial charge in [0.05, 0.1) is 6.54 Å². The van der Waals surface area contributed by atoms with Crippen molar-refractivity contribution in [3.63, 3.8) is 0 Å². The van der Waals surface area contributed by atoms with Gasteiger partial charge >= 0.3 is 0 Å². The number of benzene rings is 2. The molecule has 3 rings (SSSR count). The lowest BCUT2D eigenvalue weighted by Crippen LogP contribution is -2.35. The summed E-state index contributed by atoms with van der Waals surface area (Å²) in [7, 11) is 0. The highest BCUT2D eigenvalue weighted by Crippen LogP contribution is 2.14. The van der Waals surface area contributed by atoms with E-state index in [-0.39, 0.29) is 5.91 Å². The molecule has 2 aromatic rings. The number of hydrogen-bond donors (Lipinski definition) is 0. The normalized spacial score (nSPS) is 14.1. The van der Waals surface area contributed by atoms with Crippen molar-refractivity contribution in [3.05, 3.63) is 71.3 Å². The maximum Gasteiger partial charge on any atom is 0.259 e. The maximum absolute atomic E-state index is 12.6. The zero-order valence-electron chi connectivity index (χ0n) is 12.1. The van der Waals surface area contributed by atoms with E-state index >= 15 is 0 Å². The van der Waals surface area contributed by atoms with E-state index in [4.69, 9.17) is 0 Å². The van der Waals surface area contributed by atoms with E-state index in [1.165, 1.54) is 5.56 Å². The van der Waals surface area contributed by atoms with Crippen LogP contribution in [0.4, 0.5) is 0 Å². The number of carbonyl (C=O) groups is 1. The third-order valence-corrected chi connectivity index (χ3v) is 3.68. The second kappa shape index (κ2) is 5.92. The van der Waals surface area contributed by atoms with Gasteiger partial charge < -0.3 is 0 Å². The maximum atomic E-state index is 12.6. The number of amides is 1. The average molecular weight is 278 g/mol. The number of amidine groups is 1. The quantitative estimate of drug-likeness (QED) is 0.849. The van der Waals surface area contributed by atoms with E-state index in [2.05, 4.69) is 17.1 Å². The Morgan fingerprint density at radius 2 is 1.81 bits per heavy atom. The molecule has 1 amide bonds. The number of aliphatic imine (C=N–C) groups is 1. The molecule has 0 N–H and O–H groups in total.